The molecule has 0 bridgehead atoms. The van der Waals surface area contributed by atoms with Gasteiger partial charge in [-0.25, -0.2) is 14.5 Å². The summed E-state index contributed by atoms with van der Waals surface area (Å²) in [7, 11) is 0. The summed E-state index contributed by atoms with van der Waals surface area (Å²) in [4.78, 5) is 17.4. The molecule has 142 valence electrons. The Labute approximate surface area is 166 Å². The third-order valence-corrected chi connectivity index (χ3v) is 6.40. The summed E-state index contributed by atoms with van der Waals surface area (Å²) in [5.74, 6) is 0.616. The predicted molar refractivity (Wildman–Crippen MR) is 111 cm³/mol. The number of rotatable bonds is 4. The number of oxime groups is 1. The minimum atomic E-state index is 0.235. The number of hydrogen-bond acceptors (Lipinski definition) is 6. The molecule has 0 saturated carbocycles. The first-order valence-electron chi connectivity index (χ1n) is 9.57. The van der Waals surface area contributed by atoms with E-state index in [0.29, 0.717) is 5.82 Å². The second kappa shape index (κ2) is 6.98. The smallest absolute Gasteiger partial charge is 0.192 e. The van der Waals surface area contributed by atoms with E-state index < -0.39 is 0 Å². The van der Waals surface area contributed by atoms with Gasteiger partial charge in [-0.05, 0) is 50.7 Å². The molecular weight excluding hydrogens is 370 g/mol. The normalized spacial score (nSPS) is 14.6. The SMILES string of the molecule is C/C(=N/OCc1nc2c3c4c(sc3ncn2n1)CCCC4)c1ccc(C)cc1. The van der Waals surface area contributed by atoms with E-state index in [9.17, 15) is 0 Å². The lowest BCUT2D eigenvalue weighted by Crippen LogP contribution is -1.99. The van der Waals surface area contributed by atoms with Gasteiger partial charge in [0.25, 0.3) is 0 Å². The molecule has 28 heavy (non-hydrogen) atoms. The molecule has 7 heteroatoms. The standard InChI is InChI=1S/C21H21N5OS/c1-13-7-9-15(10-8-13)14(2)25-27-11-18-23-20-19-16-5-3-4-6-17(16)28-21(19)22-12-26(20)24-18/h7-10,12H,3-6,11H2,1-2H3/b25-14-. The van der Waals surface area contributed by atoms with E-state index in [0.717, 1.165) is 34.6 Å². The number of benzene rings is 1. The molecule has 0 amide bonds. The van der Waals surface area contributed by atoms with Crippen molar-refractivity contribution in [1.29, 1.82) is 0 Å². The summed E-state index contributed by atoms with van der Waals surface area (Å²) in [6.07, 6.45) is 6.50. The quantitative estimate of drug-likeness (QED) is 0.380. The van der Waals surface area contributed by atoms with E-state index in [-0.39, 0.29) is 6.61 Å². The summed E-state index contributed by atoms with van der Waals surface area (Å²) in [6, 6.07) is 8.22. The van der Waals surface area contributed by atoms with E-state index in [1.807, 2.05) is 19.1 Å². The number of nitrogens with zero attached hydrogens (tertiary/aromatic N) is 5. The van der Waals surface area contributed by atoms with Gasteiger partial charge in [0.2, 0.25) is 0 Å². The third-order valence-electron chi connectivity index (χ3n) is 5.20. The maximum atomic E-state index is 5.53. The van der Waals surface area contributed by atoms with Crippen molar-refractivity contribution in [3.8, 4) is 0 Å². The lowest BCUT2D eigenvalue weighted by molar-refractivity contribution is 0.125. The van der Waals surface area contributed by atoms with Crippen molar-refractivity contribution in [3.63, 3.8) is 0 Å². The van der Waals surface area contributed by atoms with Crippen LogP contribution < -0.4 is 0 Å². The summed E-state index contributed by atoms with van der Waals surface area (Å²) in [5, 5.41) is 9.92. The average Bonchev–Trinajstić information content (AvgIpc) is 3.28. The van der Waals surface area contributed by atoms with E-state index in [2.05, 4.69) is 34.3 Å². The Kier molecular flexibility index (Phi) is 4.31. The van der Waals surface area contributed by atoms with Crippen LogP contribution in [0, 0.1) is 6.92 Å². The Morgan fingerprint density at radius 3 is 2.89 bits per heavy atom. The van der Waals surface area contributed by atoms with E-state index >= 15 is 0 Å². The lowest BCUT2D eigenvalue weighted by atomic mass is 9.97. The van der Waals surface area contributed by atoms with Gasteiger partial charge in [-0.2, -0.15) is 0 Å². The van der Waals surface area contributed by atoms with Gasteiger partial charge in [0, 0.05) is 4.88 Å². The van der Waals surface area contributed by atoms with Gasteiger partial charge >= 0.3 is 0 Å². The van der Waals surface area contributed by atoms with Gasteiger partial charge in [0.05, 0.1) is 11.1 Å². The zero-order valence-corrected chi connectivity index (χ0v) is 16.8. The minimum Gasteiger partial charge on any atom is -0.387 e. The Morgan fingerprint density at radius 2 is 2.04 bits per heavy atom. The molecule has 1 aliphatic carbocycles. The highest BCUT2D eigenvalue weighted by atomic mass is 32.1. The van der Waals surface area contributed by atoms with Crippen molar-refractivity contribution in [2.75, 3.05) is 0 Å². The molecular formula is C21H21N5OS. The molecule has 4 aromatic rings. The van der Waals surface area contributed by atoms with Crippen LogP contribution in [0.2, 0.25) is 0 Å². The first-order valence-corrected chi connectivity index (χ1v) is 10.4. The van der Waals surface area contributed by atoms with Crippen LogP contribution in [0.5, 0.6) is 0 Å². The summed E-state index contributed by atoms with van der Waals surface area (Å²) >= 11 is 1.80. The summed E-state index contributed by atoms with van der Waals surface area (Å²) in [6.45, 7) is 4.24. The van der Waals surface area contributed by atoms with E-state index in [4.69, 9.17) is 9.82 Å². The van der Waals surface area contributed by atoms with Gasteiger partial charge in [-0.15, -0.1) is 16.4 Å². The highest BCUT2D eigenvalue weighted by molar-refractivity contribution is 7.19. The molecule has 6 nitrogen and oxygen atoms in total. The van der Waals surface area contributed by atoms with Crippen LogP contribution in [0.3, 0.4) is 0 Å². The maximum Gasteiger partial charge on any atom is 0.192 e. The van der Waals surface area contributed by atoms with Crippen molar-refractivity contribution >= 4 is 32.9 Å². The van der Waals surface area contributed by atoms with Crippen molar-refractivity contribution in [2.45, 2.75) is 46.1 Å². The fraction of sp³-hybridized carbons (Fsp3) is 0.333. The maximum absolute atomic E-state index is 5.53. The molecule has 1 aliphatic rings. The monoisotopic (exact) mass is 391 g/mol. The molecule has 3 heterocycles. The van der Waals surface area contributed by atoms with Gasteiger partial charge in [-0.1, -0.05) is 35.0 Å². The van der Waals surface area contributed by atoms with Crippen LogP contribution in [-0.2, 0) is 24.3 Å². The number of aromatic nitrogens is 4. The molecule has 0 N–H and O–H groups in total. The fourth-order valence-corrected chi connectivity index (χ4v) is 4.92. The molecule has 0 spiro atoms. The van der Waals surface area contributed by atoms with Crippen LogP contribution in [0.4, 0.5) is 0 Å². The van der Waals surface area contributed by atoms with Gasteiger partial charge in [0.1, 0.15) is 11.2 Å². The molecule has 1 aromatic carbocycles. The van der Waals surface area contributed by atoms with Crippen LogP contribution in [0.1, 0.15) is 47.2 Å². The molecule has 5 rings (SSSR count). The zero-order chi connectivity index (χ0) is 19.1. The number of hydrogen-bond donors (Lipinski definition) is 0. The summed E-state index contributed by atoms with van der Waals surface area (Å²) < 4.78 is 1.76. The molecule has 0 saturated heterocycles. The Hall–Kier alpha value is -2.80. The Bertz CT molecular complexity index is 1190. The average molecular weight is 392 g/mol. The van der Waals surface area contributed by atoms with Crippen molar-refractivity contribution < 1.29 is 4.84 Å². The molecule has 0 radical (unpaired) electrons. The topological polar surface area (TPSA) is 64.7 Å². The van der Waals surface area contributed by atoms with Crippen molar-refractivity contribution in [1.82, 2.24) is 19.6 Å². The first kappa shape index (κ1) is 17.3. The molecule has 3 aromatic heterocycles. The first-order chi connectivity index (χ1) is 13.7. The predicted octanol–water partition coefficient (Wildman–Crippen LogP) is 4.47. The minimum absolute atomic E-state index is 0.235. The number of fused-ring (bicyclic) bond motifs is 5. The van der Waals surface area contributed by atoms with E-state index in [1.165, 1.54) is 34.2 Å². The van der Waals surface area contributed by atoms with Crippen molar-refractivity contribution in [3.05, 3.63) is 58.0 Å². The van der Waals surface area contributed by atoms with Gasteiger partial charge in [-0.3, -0.25) is 0 Å². The second-order valence-electron chi connectivity index (χ2n) is 7.25. The van der Waals surface area contributed by atoms with Crippen LogP contribution in [-0.4, -0.2) is 25.3 Å². The Morgan fingerprint density at radius 1 is 1.21 bits per heavy atom. The highest BCUT2D eigenvalue weighted by Gasteiger charge is 2.20. The molecule has 0 atom stereocenters. The van der Waals surface area contributed by atoms with Crippen LogP contribution in [0.15, 0.2) is 35.7 Å². The van der Waals surface area contributed by atoms with Crippen LogP contribution >= 0.6 is 11.3 Å². The largest absolute Gasteiger partial charge is 0.387 e. The van der Waals surface area contributed by atoms with Crippen LogP contribution in [0.25, 0.3) is 15.9 Å². The molecule has 0 fully saturated rings. The van der Waals surface area contributed by atoms with E-state index in [1.54, 1.807) is 22.2 Å². The van der Waals surface area contributed by atoms with Crippen molar-refractivity contribution in [2.24, 2.45) is 5.16 Å². The van der Waals surface area contributed by atoms with Gasteiger partial charge < -0.3 is 4.84 Å². The molecule has 0 unspecified atom stereocenters. The lowest BCUT2D eigenvalue weighted by Gasteiger charge is -2.09. The second-order valence-corrected chi connectivity index (χ2v) is 8.33. The highest BCUT2D eigenvalue weighted by Crippen LogP contribution is 2.36. The third kappa shape index (κ3) is 3.05. The summed E-state index contributed by atoms with van der Waals surface area (Å²) in [5.41, 5.74) is 5.39. The zero-order valence-electron chi connectivity index (χ0n) is 16.0. The number of aryl methyl sites for hydroxylation is 3. The number of thiophene rings is 1. The van der Waals surface area contributed by atoms with Gasteiger partial charge in [0.15, 0.2) is 18.1 Å². The fourth-order valence-electron chi connectivity index (χ4n) is 3.69. The molecule has 0 aliphatic heterocycles. The Balaban J connectivity index is 1.41.